The molecular formula is C59H64HfN4. The van der Waals surface area contributed by atoms with E-state index in [0.29, 0.717) is 0 Å². The minimum Gasteiger partial charge on any atom is -0.656 e. The van der Waals surface area contributed by atoms with Gasteiger partial charge in [-0.25, -0.2) is 4.98 Å². The summed E-state index contributed by atoms with van der Waals surface area (Å²) >= 11 is 0. The van der Waals surface area contributed by atoms with Crippen LogP contribution >= 0.6 is 0 Å². The molecule has 4 nitrogen and oxygen atoms in total. The van der Waals surface area contributed by atoms with Crippen molar-refractivity contribution in [2.45, 2.75) is 85.6 Å². The molecule has 0 N–H and O–H groups in total. The average Bonchev–Trinajstić information content (AvgIpc) is 3.79. The molecule has 0 saturated heterocycles. The Balaban J connectivity index is 0.000000284. The van der Waals surface area contributed by atoms with E-state index >= 15 is 0 Å². The van der Waals surface area contributed by atoms with Crippen LogP contribution in [0, 0.1) is 27.7 Å². The summed E-state index contributed by atoms with van der Waals surface area (Å²) in [6.07, 6.45) is 2.19. The van der Waals surface area contributed by atoms with Gasteiger partial charge in [-0.2, -0.15) is 73.9 Å². The predicted molar refractivity (Wildman–Crippen MR) is 273 cm³/mol. The van der Waals surface area contributed by atoms with Gasteiger partial charge in [0.15, 0.2) is 0 Å². The minimum absolute atomic E-state index is 0. The third-order valence-electron chi connectivity index (χ3n) is 11.1. The Labute approximate surface area is 402 Å². The summed E-state index contributed by atoms with van der Waals surface area (Å²) in [4.78, 5) is 5.41. The van der Waals surface area contributed by atoms with Crippen LogP contribution in [-0.2, 0) is 43.2 Å². The SMILES string of the molecule is CCCCn1c(-n2c3ccc(C(C)(C)C)cc3c3cc(C(C)(C)C)ccc32)nc2c([N-]c3ccccc3C)cccc21.[CH2-]c1ccccc1.[CH2-]c1ccccc1.[CH2-]c1ccccc1.[Hf+4]. The molecule has 5 heteroatoms. The van der Waals surface area contributed by atoms with Gasteiger partial charge in [0.2, 0.25) is 5.95 Å². The summed E-state index contributed by atoms with van der Waals surface area (Å²) in [6.45, 7) is 30.2. The van der Waals surface area contributed by atoms with Crippen LogP contribution in [0.25, 0.3) is 44.1 Å². The van der Waals surface area contributed by atoms with Crippen LogP contribution in [0.4, 0.5) is 11.4 Å². The molecule has 64 heavy (non-hydrogen) atoms. The third kappa shape index (κ3) is 12.4. The molecule has 0 fully saturated rings. The molecule has 7 aromatic carbocycles. The summed E-state index contributed by atoms with van der Waals surface area (Å²) in [5, 5.41) is 7.66. The number of aromatic nitrogens is 3. The molecule has 0 amide bonds. The standard InChI is InChI=1S/C38H43N4.3C7H7.Hf/c1-9-10-22-41-34-17-13-16-31(39-30-15-12-11-14-25(30)2)35(34)40-36(41)42-32-20-18-26(37(3,4)5)23-28(32)29-24-27(38(6,7)8)19-21-33(29)42;3*1-7-5-3-2-4-6-7;/h11-21,23-24H,9-10,22H2,1-8H3;3*2-6H,1H2;/q4*-1;+4. The van der Waals surface area contributed by atoms with Crippen LogP contribution in [0.2, 0.25) is 0 Å². The number of para-hydroxylation sites is 2. The van der Waals surface area contributed by atoms with Crippen molar-refractivity contribution in [3.05, 3.63) is 229 Å². The molecule has 0 atom stereocenters. The number of benzene rings is 7. The zero-order valence-electron chi connectivity index (χ0n) is 39.2. The molecule has 2 heterocycles. The van der Waals surface area contributed by atoms with E-state index in [4.69, 9.17) is 10.3 Å². The summed E-state index contributed by atoms with van der Waals surface area (Å²) in [7, 11) is 0. The number of imidazole rings is 1. The van der Waals surface area contributed by atoms with E-state index in [9.17, 15) is 0 Å². The normalized spacial score (nSPS) is 11.1. The fraction of sp³-hybridized carbons (Fsp3) is 0.220. The van der Waals surface area contributed by atoms with E-state index in [1.807, 2.05) is 97.1 Å². The Hall–Kier alpha value is -5.91. The van der Waals surface area contributed by atoms with Gasteiger partial charge >= 0.3 is 25.8 Å². The van der Waals surface area contributed by atoms with Gasteiger partial charge in [-0.15, -0.1) is 47.8 Å². The zero-order valence-corrected chi connectivity index (χ0v) is 42.8. The molecule has 0 spiro atoms. The van der Waals surface area contributed by atoms with E-state index in [1.54, 1.807) is 0 Å². The summed E-state index contributed by atoms with van der Waals surface area (Å²) < 4.78 is 4.79. The first-order valence-electron chi connectivity index (χ1n) is 22.1. The Morgan fingerprint density at radius 1 is 0.516 bits per heavy atom. The maximum atomic E-state index is 5.41. The van der Waals surface area contributed by atoms with Gasteiger partial charge in [0, 0.05) is 17.3 Å². The summed E-state index contributed by atoms with van der Waals surface area (Å²) in [6, 6.07) is 58.3. The first-order chi connectivity index (χ1) is 30.2. The van der Waals surface area contributed by atoms with Gasteiger partial charge in [-0.05, 0) is 65.6 Å². The predicted octanol–water partition coefficient (Wildman–Crippen LogP) is 16.8. The van der Waals surface area contributed by atoms with E-state index in [1.165, 1.54) is 32.9 Å². The molecular weight excluding hydrogens is 943 g/mol. The second-order valence-electron chi connectivity index (χ2n) is 18.2. The molecule has 0 aliphatic rings. The van der Waals surface area contributed by atoms with Crippen molar-refractivity contribution in [3.8, 4) is 5.95 Å². The summed E-state index contributed by atoms with van der Waals surface area (Å²) in [5.41, 5.74) is 13.5. The van der Waals surface area contributed by atoms with Gasteiger partial charge in [0.05, 0.1) is 22.1 Å². The van der Waals surface area contributed by atoms with Gasteiger partial charge < -0.3 is 9.88 Å². The molecule has 9 aromatic rings. The Bertz CT molecular complexity index is 2680. The molecule has 2 aromatic heterocycles. The summed E-state index contributed by atoms with van der Waals surface area (Å²) in [5.74, 6) is 0.956. The Morgan fingerprint density at radius 2 is 0.953 bits per heavy atom. The van der Waals surface area contributed by atoms with Crippen LogP contribution in [0.15, 0.2) is 170 Å². The second kappa shape index (κ2) is 22.1. The molecule has 0 aliphatic heterocycles. The van der Waals surface area contributed by atoms with Gasteiger partial charge in [0.1, 0.15) is 0 Å². The average molecular weight is 1010 g/mol. The van der Waals surface area contributed by atoms with Crippen LogP contribution in [0.3, 0.4) is 0 Å². The van der Waals surface area contributed by atoms with Gasteiger partial charge in [0.25, 0.3) is 0 Å². The fourth-order valence-corrected chi connectivity index (χ4v) is 7.34. The molecule has 0 bridgehead atoms. The third-order valence-corrected chi connectivity index (χ3v) is 11.1. The smallest absolute Gasteiger partial charge is 0.656 e. The fourth-order valence-electron chi connectivity index (χ4n) is 7.34. The minimum atomic E-state index is 0. The van der Waals surface area contributed by atoms with E-state index in [2.05, 4.69) is 158 Å². The largest absolute Gasteiger partial charge is 4.00 e. The van der Waals surface area contributed by atoms with Crippen LogP contribution in [-0.4, -0.2) is 14.1 Å². The van der Waals surface area contributed by atoms with Crippen LogP contribution in [0.1, 0.15) is 94.7 Å². The number of fused-ring (bicyclic) bond motifs is 4. The molecule has 0 radical (unpaired) electrons. The van der Waals surface area contributed by atoms with Crippen molar-refractivity contribution in [3.63, 3.8) is 0 Å². The first-order valence-corrected chi connectivity index (χ1v) is 22.1. The monoisotopic (exact) mass is 1010 g/mol. The molecule has 0 saturated carbocycles. The first kappa shape index (κ1) is 49.1. The quantitative estimate of drug-likeness (QED) is 0.121. The zero-order chi connectivity index (χ0) is 45.1. The number of hydrogen-bond acceptors (Lipinski definition) is 1. The van der Waals surface area contributed by atoms with Crippen LogP contribution in [0.5, 0.6) is 0 Å². The Kier molecular flexibility index (Phi) is 17.0. The topological polar surface area (TPSA) is 36.9 Å². The van der Waals surface area contributed by atoms with Crippen molar-refractivity contribution >= 4 is 44.2 Å². The van der Waals surface area contributed by atoms with Gasteiger partial charge in [-0.1, -0.05) is 127 Å². The maximum absolute atomic E-state index is 5.41. The second-order valence-corrected chi connectivity index (χ2v) is 18.2. The number of rotatable bonds is 6. The van der Waals surface area contributed by atoms with Crippen molar-refractivity contribution in [2.75, 3.05) is 0 Å². The van der Waals surface area contributed by atoms with E-state index < -0.39 is 0 Å². The van der Waals surface area contributed by atoms with Crippen molar-refractivity contribution < 1.29 is 25.8 Å². The van der Waals surface area contributed by atoms with Crippen LogP contribution < -0.4 is 0 Å². The van der Waals surface area contributed by atoms with Crippen molar-refractivity contribution in [1.82, 2.24) is 14.1 Å². The maximum Gasteiger partial charge on any atom is 4.00 e. The number of nitrogens with zero attached hydrogens (tertiary/aromatic N) is 4. The van der Waals surface area contributed by atoms with E-state index in [0.717, 1.165) is 70.0 Å². The van der Waals surface area contributed by atoms with Gasteiger partial charge in [-0.3, -0.25) is 4.57 Å². The number of unbranched alkanes of at least 4 members (excludes halogenated alkanes) is 1. The number of aryl methyl sites for hydroxylation is 2. The van der Waals surface area contributed by atoms with E-state index in [-0.39, 0.29) is 36.7 Å². The Morgan fingerprint density at radius 3 is 1.36 bits per heavy atom. The molecule has 0 aliphatic carbocycles. The van der Waals surface area contributed by atoms with Crippen molar-refractivity contribution in [2.24, 2.45) is 0 Å². The van der Waals surface area contributed by atoms with Crippen molar-refractivity contribution in [1.29, 1.82) is 0 Å². The molecule has 0 unspecified atom stereocenters. The molecule has 9 rings (SSSR count). The number of hydrogen-bond donors (Lipinski definition) is 0. The molecule has 324 valence electrons.